The number of rotatable bonds is 5. The minimum absolute atomic E-state index is 0.0348. The number of ether oxygens (including phenoxy) is 2. The van der Waals surface area contributed by atoms with Gasteiger partial charge in [0, 0.05) is 44.2 Å². The van der Waals surface area contributed by atoms with Gasteiger partial charge in [0.2, 0.25) is 0 Å². The molecule has 1 unspecified atom stereocenters. The van der Waals surface area contributed by atoms with Gasteiger partial charge in [-0.2, -0.15) is 0 Å². The lowest BCUT2D eigenvalue weighted by molar-refractivity contribution is -0.161. The first-order chi connectivity index (χ1) is 17.0. The van der Waals surface area contributed by atoms with Crippen LogP contribution < -0.4 is 5.32 Å². The molecule has 1 atom stereocenters. The van der Waals surface area contributed by atoms with Crippen LogP contribution in [0.2, 0.25) is 5.02 Å². The number of carbonyl (C=O) groups is 2. The average molecular weight is 536 g/mol. The lowest BCUT2D eigenvalue weighted by Gasteiger charge is -2.49. The van der Waals surface area contributed by atoms with E-state index in [4.69, 9.17) is 21.1 Å². The summed E-state index contributed by atoms with van der Waals surface area (Å²) in [7, 11) is 0. The highest BCUT2D eigenvalue weighted by molar-refractivity contribution is 7.13. The van der Waals surface area contributed by atoms with Crippen LogP contribution in [0.3, 0.4) is 0 Å². The van der Waals surface area contributed by atoms with E-state index in [9.17, 15) is 9.59 Å². The van der Waals surface area contributed by atoms with Gasteiger partial charge in [0.05, 0.1) is 29.0 Å². The zero-order valence-corrected chi connectivity index (χ0v) is 22.8. The maximum absolute atomic E-state index is 13.1. The number of halogens is 1. The fourth-order valence-electron chi connectivity index (χ4n) is 4.65. The van der Waals surface area contributed by atoms with E-state index in [-0.39, 0.29) is 17.6 Å². The molecule has 0 bridgehead atoms. The van der Waals surface area contributed by atoms with Crippen LogP contribution in [0.25, 0.3) is 0 Å². The normalized spacial score (nSPS) is 20.4. The molecule has 1 N–H and O–H groups in total. The van der Waals surface area contributed by atoms with Crippen molar-refractivity contribution in [1.82, 2.24) is 19.8 Å². The van der Waals surface area contributed by atoms with Gasteiger partial charge in [0.25, 0.3) is 5.91 Å². The zero-order chi connectivity index (χ0) is 25.9. The molecule has 4 heterocycles. The van der Waals surface area contributed by atoms with Crippen LogP contribution >= 0.6 is 22.9 Å². The van der Waals surface area contributed by atoms with Crippen LogP contribution in [0, 0.1) is 0 Å². The Hall–Kier alpha value is -2.27. The monoisotopic (exact) mass is 535 g/mol. The number of piperidine rings is 1. The molecule has 11 heteroatoms. The molecular weight excluding hydrogens is 502 g/mol. The fraction of sp³-hybridized carbons (Fsp3) is 0.600. The van der Waals surface area contributed by atoms with Gasteiger partial charge >= 0.3 is 6.09 Å². The first-order valence-electron chi connectivity index (χ1n) is 12.3. The van der Waals surface area contributed by atoms with Crippen LogP contribution in [-0.4, -0.2) is 81.8 Å². The molecule has 2 aliphatic rings. The molecule has 2 aromatic rings. The molecule has 36 heavy (non-hydrogen) atoms. The Bertz CT molecular complexity index is 1060. The maximum Gasteiger partial charge on any atom is 0.413 e. The first kappa shape index (κ1) is 26.8. The topological polar surface area (TPSA) is 96.9 Å². The number of pyridine rings is 1. The highest BCUT2D eigenvalue weighted by Crippen LogP contribution is 2.33. The second-order valence-electron chi connectivity index (χ2n) is 10.5. The Balaban J connectivity index is 1.27. The summed E-state index contributed by atoms with van der Waals surface area (Å²) in [6.07, 6.45) is 3.49. The molecule has 0 radical (unpaired) electrons. The molecule has 0 aromatic carbocycles. The second kappa shape index (κ2) is 11.0. The van der Waals surface area contributed by atoms with Crippen LogP contribution in [0.15, 0.2) is 23.7 Å². The summed E-state index contributed by atoms with van der Waals surface area (Å²) in [5.74, 6) is -0.0806. The summed E-state index contributed by atoms with van der Waals surface area (Å²) >= 11 is 7.32. The zero-order valence-electron chi connectivity index (χ0n) is 21.3. The van der Waals surface area contributed by atoms with Crippen molar-refractivity contribution in [2.24, 2.45) is 0 Å². The summed E-state index contributed by atoms with van der Waals surface area (Å²) < 4.78 is 11.7. The average Bonchev–Trinajstić information content (AvgIpc) is 3.24. The molecule has 1 spiro atoms. The summed E-state index contributed by atoms with van der Waals surface area (Å²) in [4.78, 5) is 38.0. The molecule has 2 saturated heterocycles. The number of aromatic nitrogens is 2. The number of nitrogens with zero attached hydrogens (tertiary/aromatic N) is 4. The van der Waals surface area contributed by atoms with E-state index >= 15 is 0 Å². The molecule has 2 aliphatic heterocycles. The van der Waals surface area contributed by atoms with Gasteiger partial charge in [0.1, 0.15) is 11.3 Å². The lowest BCUT2D eigenvalue weighted by Crippen LogP contribution is -2.60. The molecule has 4 rings (SSSR count). The molecule has 0 aliphatic carbocycles. The molecule has 9 nitrogen and oxygen atoms in total. The van der Waals surface area contributed by atoms with Crippen molar-refractivity contribution in [2.75, 3.05) is 38.0 Å². The van der Waals surface area contributed by atoms with E-state index in [2.05, 4.69) is 20.2 Å². The third-order valence-corrected chi connectivity index (χ3v) is 7.28. The predicted octanol–water partition coefficient (Wildman–Crippen LogP) is 4.48. The number of anilines is 1. The van der Waals surface area contributed by atoms with Gasteiger partial charge in [-0.3, -0.25) is 10.1 Å². The number of hydrogen-bond donors (Lipinski definition) is 1. The summed E-state index contributed by atoms with van der Waals surface area (Å²) in [5.41, 5.74) is 0.472. The van der Waals surface area contributed by atoms with E-state index in [1.807, 2.05) is 38.0 Å². The molecular formula is C25H34ClN5O4S. The van der Waals surface area contributed by atoms with Crippen LogP contribution in [0.1, 0.15) is 56.7 Å². The van der Waals surface area contributed by atoms with Gasteiger partial charge in [-0.25, -0.2) is 14.8 Å². The minimum atomic E-state index is -0.549. The first-order valence-corrected chi connectivity index (χ1v) is 13.5. The van der Waals surface area contributed by atoms with Gasteiger partial charge in [-0.1, -0.05) is 11.6 Å². The lowest BCUT2D eigenvalue weighted by atomic mass is 9.88. The summed E-state index contributed by atoms with van der Waals surface area (Å²) in [5, 5.41) is 5.73. The van der Waals surface area contributed by atoms with E-state index < -0.39 is 11.7 Å². The maximum atomic E-state index is 13.1. The largest absolute Gasteiger partial charge is 0.444 e. The van der Waals surface area contributed by atoms with Crippen LogP contribution in [-0.2, 0) is 15.9 Å². The Morgan fingerprint density at radius 2 is 2.06 bits per heavy atom. The number of morpholine rings is 1. The third-order valence-electron chi connectivity index (χ3n) is 6.25. The summed E-state index contributed by atoms with van der Waals surface area (Å²) in [6.45, 7) is 11.3. The number of thiazole rings is 1. The Morgan fingerprint density at radius 3 is 2.72 bits per heavy atom. The highest BCUT2D eigenvalue weighted by Gasteiger charge is 2.43. The molecule has 2 fully saturated rings. The molecule has 196 valence electrons. The number of amides is 2. The molecule has 2 aromatic heterocycles. The number of nitrogens with one attached hydrogen (secondary N) is 1. The van der Waals surface area contributed by atoms with Crippen molar-refractivity contribution < 1.29 is 19.1 Å². The summed E-state index contributed by atoms with van der Waals surface area (Å²) in [6, 6.07) is 3.37. The van der Waals surface area contributed by atoms with E-state index in [0.29, 0.717) is 28.9 Å². The van der Waals surface area contributed by atoms with Gasteiger partial charge in [0.15, 0.2) is 5.13 Å². The van der Waals surface area contributed by atoms with Crippen LogP contribution in [0.5, 0.6) is 0 Å². The number of likely N-dealkylation sites (tertiary alicyclic amines) is 1. The second-order valence-corrected chi connectivity index (χ2v) is 11.8. The van der Waals surface area contributed by atoms with Crippen molar-refractivity contribution >= 4 is 40.1 Å². The predicted molar refractivity (Wildman–Crippen MR) is 140 cm³/mol. The minimum Gasteiger partial charge on any atom is -0.444 e. The quantitative estimate of drug-likeness (QED) is 0.603. The Morgan fingerprint density at radius 1 is 1.31 bits per heavy atom. The highest BCUT2D eigenvalue weighted by atomic mass is 35.5. The van der Waals surface area contributed by atoms with E-state index in [1.54, 1.807) is 12.1 Å². The van der Waals surface area contributed by atoms with Crippen molar-refractivity contribution in [3.63, 3.8) is 0 Å². The van der Waals surface area contributed by atoms with Crippen molar-refractivity contribution in [3.05, 3.63) is 40.1 Å². The number of hydrogen-bond acceptors (Lipinski definition) is 8. The van der Waals surface area contributed by atoms with E-state index in [0.717, 1.165) is 44.6 Å². The SMILES string of the molecule is CC1CN(C(=O)c2ccc(Cl)cn2)CC2(CCN(CCc3csc(NC(=O)OC(C)(C)C)n3)CC2)O1. The van der Waals surface area contributed by atoms with Gasteiger partial charge in [-0.05, 0) is 52.7 Å². The van der Waals surface area contributed by atoms with Crippen molar-refractivity contribution in [3.8, 4) is 0 Å². The smallest absolute Gasteiger partial charge is 0.413 e. The Kier molecular flexibility index (Phi) is 8.18. The fourth-order valence-corrected chi connectivity index (χ4v) is 5.49. The van der Waals surface area contributed by atoms with Crippen molar-refractivity contribution in [1.29, 1.82) is 0 Å². The standard InChI is InChI=1S/C25H34ClN5O4S/c1-17-14-31(21(32)20-6-5-18(26)13-27-20)16-25(34-17)8-11-30(12-9-25)10-7-19-15-36-22(28-19)29-23(33)35-24(2,3)4/h5-6,13,15,17H,7-12,14,16H2,1-4H3,(H,28,29,33). The van der Waals surface area contributed by atoms with Crippen LogP contribution in [0.4, 0.5) is 9.93 Å². The molecule has 2 amide bonds. The Labute approximate surface area is 221 Å². The third kappa shape index (κ3) is 7.15. The number of carbonyl (C=O) groups excluding carboxylic acids is 2. The molecule has 0 saturated carbocycles. The van der Waals surface area contributed by atoms with Crippen molar-refractivity contribution in [2.45, 2.75) is 64.3 Å². The van der Waals surface area contributed by atoms with Gasteiger partial charge < -0.3 is 19.3 Å². The van der Waals surface area contributed by atoms with E-state index in [1.165, 1.54) is 17.5 Å². The van der Waals surface area contributed by atoms with Gasteiger partial charge in [-0.15, -0.1) is 11.3 Å².